The van der Waals surface area contributed by atoms with Gasteiger partial charge < -0.3 is 11.1 Å². The van der Waals surface area contributed by atoms with E-state index in [1.165, 1.54) is 11.3 Å². The van der Waals surface area contributed by atoms with Gasteiger partial charge in [-0.3, -0.25) is 0 Å². The number of rotatable bonds is 2. The monoisotopic (exact) mass is 258 g/mol. The van der Waals surface area contributed by atoms with Crippen LogP contribution in [0.15, 0.2) is 30.3 Å². The van der Waals surface area contributed by atoms with Crippen LogP contribution >= 0.6 is 34.5 Å². The van der Waals surface area contributed by atoms with E-state index in [0.717, 1.165) is 15.0 Å². The molecule has 0 fully saturated rings. The zero-order valence-electron chi connectivity index (χ0n) is 7.63. The van der Waals surface area contributed by atoms with Crippen LogP contribution < -0.4 is 11.1 Å². The van der Waals surface area contributed by atoms with Gasteiger partial charge in [-0.05, 0) is 24.3 Å². The van der Waals surface area contributed by atoms with Gasteiger partial charge in [-0.2, -0.15) is 0 Å². The number of nitrogens with one attached hydrogen (secondary N) is 1. The summed E-state index contributed by atoms with van der Waals surface area (Å²) in [6.45, 7) is 0. The molecule has 0 bridgehead atoms. The van der Waals surface area contributed by atoms with Crippen molar-refractivity contribution >= 4 is 50.9 Å². The van der Waals surface area contributed by atoms with Crippen molar-refractivity contribution in [3.8, 4) is 0 Å². The Labute approximate surface area is 102 Å². The number of hydrogen-bond donors (Lipinski definition) is 2. The molecule has 2 rings (SSSR count). The fraction of sp³-hybridized carbons (Fsp3) is 0. The van der Waals surface area contributed by atoms with Crippen LogP contribution in [0.4, 0.5) is 16.4 Å². The number of nitrogens with two attached hydrogens (primary N) is 1. The quantitative estimate of drug-likeness (QED) is 0.785. The number of para-hydroxylation sites is 1. The minimum absolute atomic E-state index is 0.597. The average molecular weight is 259 g/mol. The molecule has 0 amide bonds. The second kappa shape index (κ2) is 4.31. The summed E-state index contributed by atoms with van der Waals surface area (Å²) in [5, 5.41) is 4.65. The maximum Gasteiger partial charge on any atom is 0.0950 e. The molecule has 2 aromatic rings. The van der Waals surface area contributed by atoms with Crippen LogP contribution in [0.5, 0.6) is 0 Å². The van der Waals surface area contributed by atoms with E-state index < -0.39 is 0 Å². The minimum atomic E-state index is 0.597. The van der Waals surface area contributed by atoms with Crippen molar-refractivity contribution in [2.24, 2.45) is 0 Å². The van der Waals surface area contributed by atoms with Crippen molar-refractivity contribution in [2.45, 2.75) is 0 Å². The lowest BCUT2D eigenvalue weighted by Gasteiger charge is -2.08. The molecule has 2 nitrogen and oxygen atoms in total. The smallest absolute Gasteiger partial charge is 0.0950 e. The van der Waals surface area contributed by atoms with E-state index in [0.29, 0.717) is 10.7 Å². The average Bonchev–Trinajstić information content (AvgIpc) is 2.58. The molecule has 0 unspecified atom stereocenters. The molecule has 0 spiro atoms. The highest BCUT2D eigenvalue weighted by molar-refractivity contribution is 7.19. The Morgan fingerprint density at radius 1 is 1.13 bits per heavy atom. The zero-order chi connectivity index (χ0) is 10.8. The first-order valence-corrected chi connectivity index (χ1v) is 5.80. The third-order valence-corrected chi connectivity index (χ3v) is 3.33. The van der Waals surface area contributed by atoms with Gasteiger partial charge in [-0.25, -0.2) is 0 Å². The van der Waals surface area contributed by atoms with Gasteiger partial charge >= 0.3 is 0 Å². The Bertz CT molecular complexity index is 462. The van der Waals surface area contributed by atoms with Crippen molar-refractivity contribution in [3.05, 3.63) is 39.7 Å². The normalized spacial score (nSPS) is 10.3. The lowest BCUT2D eigenvalue weighted by Crippen LogP contribution is -1.95. The van der Waals surface area contributed by atoms with Gasteiger partial charge in [0.2, 0.25) is 0 Å². The first-order valence-electron chi connectivity index (χ1n) is 4.23. The maximum absolute atomic E-state index is 6.02. The van der Waals surface area contributed by atoms with Crippen molar-refractivity contribution in [3.63, 3.8) is 0 Å². The molecule has 0 saturated carbocycles. The van der Waals surface area contributed by atoms with Gasteiger partial charge in [0.15, 0.2) is 0 Å². The third-order valence-electron chi connectivity index (χ3n) is 1.87. The molecule has 1 aromatic carbocycles. The van der Waals surface area contributed by atoms with Crippen molar-refractivity contribution in [2.75, 3.05) is 11.1 Å². The predicted octanol–water partition coefficient (Wildman–Crippen LogP) is 4.38. The molecule has 1 heterocycles. The summed E-state index contributed by atoms with van der Waals surface area (Å²) in [5.41, 5.74) is 7.14. The number of benzene rings is 1. The van der Waals surface area contributed by atoms with Gasteiger partial charge in [-0.1, -0.05) is 29.3 Å². The Balaban J connectivity index is 2.31. The molecule has 3 N–H and O–H groups in total. The molecular weight excluding hydrogens is 251 g/mol. The molecule has 15 heavy (non-hydrogen) atoms. The highest BCUT2D eigenvalue weighted by atomic mass is 35.5. The molecule has 0 atom stereocenters. The fourth-order valence-corrected chi connectivity index (χ4v) is 2.35. The summed E-state index contributed by atoms with van der Waals surface area (Å²) in [6.07, 6.45) is 0. The lowest BCUT2D eigenvalue weighted by atomic mass is 10.2. The Kier molecular flexibility index (Phi) is 3.05. The molecule has 0 saturated heterocycles. The second-order valence-electron chi connectivity index (χ2n) is 2.93. The van der Waals surface area contributed by atoms with Crippen LogP contribution in [0.25, 0.3) is 0 Å². The van der Waals surface area contributed by atoms with Crippen LogP contribution in [-0.4, -0.2) is 0 Å². The Morgan fingerprint density at radius 3 is 2.53 bits per heavy atom. The van der Waals surface area contributed by atoms with Crippen molar-refractivity contribution in [1.82, 2.24) is 0 Å². The van der Waals surface area contributed by atoms with Gasteiger partial charge in [0.05, 0.1) is 25.7 Å². The molecule has 0 aliphatic heterocycles. The van der Waals surface area contributed by atoms with E-state index in [1.54, 1.807) is 12.1 Å². The van der Waals surface area contributed by atoms with E-state index in [1.807, 2.05) is 18.2 Å². The topological polar surface area (TPSA) is 38.0 Å². The number of halogens is 2. The predicted molar refractivity (Wildman–Crippen MR) is 68.5 cm³/mol. The fourth-order valence-electron chi connectivity index (χ4n) is 1.18. The summed E-state index contributed by atoms with van der Waals surface area (Å²) in [4.78, 5) is 0. The van der Waals surface area contributed by atoms with Gasteiger partial charge in [0.1, 0.15) is 0 Å². The largest absolute Gasteiger partial charge is 0.397 e. The standard InChI is InChI=1S/C10H8Cl2N2S/c11-6-2-1-3-7(13)10(6)14-9-5-4-8(12)15-9/h1-5,14H,13H2. The molecule has 0 radical (unpaired) electrons. The van der Waals surface area contributed by atoms with Crippen LogP contribution in [-0.2, 0) is 0 Å². The molecular formula is C10H8Cl2N2S. The summed E-state index contributed by atoms with van der Waals surface area (Å²) in [7, 11) is 0. The van der Waals surface area contributed by atoms with Crippen molar-refractivity contribution < 1.29 is 0 Å². The van der Waals surface area contributed by atoms with E-state index in [-0.39, 0.29) is 0 Å². The third kappa shape index (κ3) is 2.37. The zero-order valence-corrected chi connectivity index (χ0v) is 9.96. The lowest BCUT2D eigenvalue weighted by molar-refractivity contribution is 1.60. The first-order chi connectivity index (χ1) is 7.16. The van der Waals surface area contributed by atoms with E-state index in [9.17, 15) is 0 Å². The molecule has 0 aliphatic rings. The van der Waals surface area contributed by atoms with Gasteiger partial charge in [-0.15, -0.1) is 11.3 Å². The summed E-state index contributed by atoms with van der Waals surface area (Å²) < 4.78 is 0.725. The highest BCUT2D eigenvalue weighted by Gasteiger charge is 2.05. The molecule has 78 valence electrons. The van der Waals surface area contributed by atoms with Gasteiger partial charge in [0.25, 0.3) is 0 Å². The summed E-state index contributed by atoms with van der Waals surface area (Å²) in [6, 6.07) is 9.10. The van der Waals surface area contributed by atoms with Crippen LogP contribution in [0.1, 0.15) is 0 Å². The number of anilines is 3. The Morgan fingerprint density at radius 2 is 1.93 bits per heavy atom. The van der Waals surface area contributed by atoms with E-state index >= 15 is 0 Å². The minimum Gasteiger partial charge on any atom is -0.397 e. The molecule has 1 aromatic heterocycles. The van der Waals surface area contributed by atoms with Crippen LogP contribution in [0.3, 0.4) is 0 Å². The van der Waals surface area contributed by atoms with Crippen LogP contribution in [0, 0.1) is 0 Å². The second-order valence-corrected chi connectivity index (χ2v) is 5.06. The number of thiophene rings is 1. The summed E-state index contributed by atoms with van der Waals surface area (Å²) in [5.74, 6) is 0. The van der Waals surface area contributed by atoms with Crippen LogP contribution in [0.2, 0.25) is 9.36 Å². The summed E-state index contributed by atoms with van der Waals surface area (Å²) >= 11 is 13.3. The van der Waals surface area contributed by atoms with Crippen molar-refractivity contribution in [1.29, 1.82) is 0 Å². The van der Waals surface area contributed by atoms with E-state index in [4.69, 9.17) is 28.9 Å². The number of nitrogen functional groups attached to an aromatic ring is 1. The molecule has 0 aliphatic carbocycles. The maximum atomic E-state index is 6.02. The Hall–Kier alpha value is -0.900. The number of hydrogen-bond acceptors (Lipinski definition) is 3. The molecule has 5 heteroatoms. The van der Waals surface area contributed by atoms with E-state index in [2.05, 4.69) is 5.32 Å². The highest BCUT2D eigenvalue weighted by Crippen LogP contribution is 2.34. The first kappa shape index (κ1) is 10.6. The van der Waals surface area contributed by atoms with Gasteiger partial charge in [0, 0.05) is 0 Å². The SMILES string of the molecule is Nc1cccc(Cl)c1Nc1ccc(Cl)s1.